The van der Waals surface area contributed by atoms with E-state index in [1.807, 2.05) is 0 Å². The molecule has 0 fully saturated rings. The van der Waals surface area contributed by atoms with Crippen molar-refractivity contribution < 1.29 is 30.6 Å². The van der Waals surface area contributed by atoms with Crippen LogP contribution in [0.5, 0.6) is 0 Å². The van der Waals surface area contributed by atoms with E-state index >= 15 is 0 Å². The van der Waals surface area contributed by atoms with Crippen molar-refractivity contribution in [2.24, 2.45) is 0 Å². The molecule has 0 saturated carbocycles. The Labute approximate surface area is 184 Å². The van der Waals surface area contributed by atoms with Gasteiger partial charge in [0.05, 0.1) is 0 Å². The van der Waals surface area contributed by atoms with Gasteiger partial charge in [-0.15, -0.1) is 36.6 Å². The third-order valence-corrected chi connectivity index (χ3v) is 0. The van der Waals surface area contributed by atoms with Crippen molar-refractivity contribution in [3.8, 4) is 0 Å². The molecule has 0 aromatic rings. The first-order valence-electron chi connectivity index (χ1n) is 8.34. The topological polar surface area (TPSA) is 138 Å². The van der Waals surface area contributed by atoms with Gasteiger partial charge < -0.3 is 30.6 Å². The zero-order valence-electron chi connectivity index (χ0n) is 19.1. The monoisotopic (exact) mass is 408 g/mol. The van der Waals surface area contributed by atoms with Crippen LogP contribution in [0.3, 0.4) is 0 Å². The predicted molar refractivity (Wildman–Crippen MR) is 102 cm³/mol. The number of hydrogen-bond acceptors (Lipinski definition) is 6. The molecule has 0 spiro atoms. The van der Waals surface area contributed by atoms with Gasteiger partial charge in [0.25, 0.3) is 0 Å². The van der Waals surface area contributed by atoms with E-state index in [2.05, 4.69) is 0 Å². The smallest absolute Gasteiger partial charge is 0.852 e. The maximum absolute atomic E-state index is 9.53. The molecule has 0 aromatic carbocycles. The van der Waals surface area contributed by atoms with Gasteiger partial charge in [-0.2, -0.15) is 0 Å². The molecule has 156 valence electrons. The fourth-order valence-corrected chi connectivity index (χ4v) is 0. The van der Waals surface area contributed by atoms with Gasteiger partial charge in [0, 0.05) is 0 Å². The summed E-state index contributed by atoms with van der Waals surface area (Å²) in [5.74, 6) is 0. The van der Waals surface area contributed by atoms with Gasteiger partial charge in [-0.05, 0) is 0 Å². The summed E-state index contributed by atoms with van der Waals surface area (Å²) in [6, 6.07) is 0. The van der Waals surface area contributed by atoms with Crippen molar-refractivity contribution in [1.29, 1.82) is 0 Å². The summed E-state index contributed by atoms with van der Waals surface area (Å²) < 4.78 is 0. The van der Waals surface area contributed by atoms with Crippen molar-refractivity contribution in [3.05, 3.63) is 0 Å². The van der Waals surface area contributed by atoms with E-state index in [1.165, 1.54) is 0 Å². The summed E-state index contributed by atoms with van der Waals surface area (Å²) in [5, 5.41) is 57.2. The summed E-state index contributed by atoms with van der Waals surface area (Å²) in [7, 11) is 0. The second kappa shape index (κ2) is 44.9. The second-order valence-corrected chi connectivity index (χ2v) is 6.29. The van der Waals surface area contributed by atoms with Crippen LogP contribution in [0.4, 0.5) is 0 Å². The van der Waals surface area contributed by atoms with Crippen molar-refractivity contribution in [2.75, 3.05) is 0 Å². The van der Waals surface area contributed by atoms with E-state index in [0.29, 0.717) is 0 Å². The molecule has 0 rings (SSSR count). The Hall–Kier alpha value is 0.825. The maximum Gasteiger partial charge on any atom is 3.00 e. The van der Waals surface area contributed by atoms with Crippen LogP contribution in [-0.4, -0.2) is 71.3 Å². The maximum atomic E-state index is 9.53. The van der Waals surface area contributed by atoms with Crippen molar-refractivity contribution in [1.82, 2.24) is 0 Å². The summed E-state index contributed by atoms with van der Waals surface area (Å²) in [4.78, 5) is 0. The molecular formula is C18H42Al2O6. The second-order valence-electron chi connectivity index (χ2n) is 6.29. The largest absolute Gasteiger partial charge is 3.00 e. The zero-order chi connectivity index (χ0) is 21.5. The molecule has 0 saturated heterocycles. The first-order chi connectivity index (χ1) is 10.4. The fraction of sp³-hybridized carbons (Fsp3) is 1.00. The molecule has 8 heteroatoms. The first-order valence-corrected chi connectivity index (χ1v) is 8.34. The van der Waals surface area contributed by atoms with E-state index < -0.39 is 36.6 Å². The zero-order valence-corrected chi connectivity index (χ0v) is 21.4. The minimum Gasteiger partial charge on any atom is -0.852 e. The Balaban J connectivity index is -0.0000000245. The SMILES string of the molecule is CC(C)[O-].CC(C)[O-].CC(C)[O-].CC(C)[O-].CC(C)[O-].CC(C)[O-].[Al+3].[Al+3]. The van der Waals surface area contributed by atoms with E-state index in [0.717, 1.165) is 0 Å². The van der Waals surface area contributed by atoms with E-state index in [1.54, 1.807) is 83.1 Å². The van der Waals surface area contributed by atoms with E-state index in [9.17, 15) is 30.6 Å². The van der Waals surface area contributed by atoms with Crippen LogP contribution in [-0.2, 0) is 0 Å². The Morgan fingerprint density at radius 2 is 0.269 bits per heavy atom. The molecule has 0 amide bonds. The van der Waals surface area contributed by atoms with Gasteiger partial charge in [0.2, 0.25) is 0 Å². The average Bonchev–Trinajstić information content (AvgIpc) is 2.08. The Morgan fingerprint density at radius 3 is 0.269 bits per heavy atom. The molecule has 0 aliphatic rings. The molecule has 6 nitrogen and oxygen atoms in total. The molecule has 0 heterocycles. The minimum absolute atomic E-state index is 0. The third kappa shape index (κ3) is 20700. The van der Waals surface area contributed by atoms with Crippen LogP contribution in [0.2, 0.25) is 0 Å². The normalized spacial score (nSPS) is 8.31. The molecular weight excluding hydrogens is 366 g/mol. The first kappa shape index (κ1) is 50.5. The van der Waals surface area contributed by atoms with Gasteiger partial charge in [0.15, 0.2) is 0 Å². The third-order valence-electron chi connectivity index (χ3n) is 0. The van der Waals surface area contributed by atoms with Crippen LogP contribution in [0.15, 0.2) is 0 Å². The van der Waals surface area contributed by atoms with Crippen LogP contribution in [0, 0.1) is 0 Å². The number of hydrogen-bond donors (Lipinski definition) is 0. The van der Waals surface area contributed by atoms with Crippen LogP contribution in [0.25, 0.3) is 0 Å². The standard InChI is InChI=1S/6C3H7O.2Al/c6*1-3(2)4;;/h6*3H,1-2H3;;/q6*-1;2*+3. The minimum atomic E-state index is -0.417. The quantitative estimate of drug-likeness (QED) is 0.416. The molecule has 26 heavy (non-hydrogen) atoms. The Bertz CT molecular complexity index is 105. The molecule has 0 atom stereocenters. The summed E-state index contributed by atoms with van der Waals surface area (Å²) in [6.45, 7) is 19.3. The van der Waals surface area contributed by atoms with Crippen LogP contribution in [0.1, 0.15) is 83.1 Å². The predicted octanol–water partition coefficient (Wildman–Crippen LogP) is -2.23. The summed E-state index contributed by atoms with van der Waals surface area (Å²) in [5.41, 5.74) is 0. The van der Waals surface area contributed by atoms with Crippen molar-refractivity contribution >= 4 is 34.7 Å². The Kier molecular flexibility index (Phi) is 87.2. The van der Waals surface area contributed by atoms with Crippen LogP contribution < -0.4 is 30.6 Å². The molecule has 0 bridgehead atoms. The molecule has 0 aromatic heterocycles. The molecule has 0 aliphatic carbocycles. The van der Waals surface area contributed by atoms with Gasteiger partial charge >= 0.3 is 34.7 Å². The summed E-state index contributed by atoms with van der Waals surface area (Å²) in [6.07, 6.45) is -2.50. The number of rotatable bonds is 0. The molecule has 0 radical (unpaired) electrons. The average molecular weight is 408 g/mol. The van der Waals surface area contributed by atoms with Crippen molar-refractivity contribution in [2.45, 2.75) is 120 Å². The summed E-state index contributed by atoms with van der Waals surface area (Å²) >= 11 is 0. The molecule has 0 unspecified atom stereocenters. The van der Waals surface area contributed by atoms with Gasteiger partial charge in [-0.25, -0.2) is 0 Å². The Morgan fingerprint density at radius 1 is 0.269 bits per heavy atom. The van der Waals surface area contributed by atoms with E-state index in [4.69, 9.17) is 0 Å². The van der Waals surface area contributed by atoms with Crippen LogP contribution >= 0.6 is 0 Å². The van der Waals surface area contributed by atoms with Gasteiger partial charge in [-0.3, -0.25) is 0 Å². The molecule has 0 N–H and O–H groups in total. The fourth-order valence-electron chi connectivity index (χ4n) is 0. The van der Waals surface area contributed by atoms with Crippen molar-refractivity contribution in [3.63, 3.8) is 0 Å². The van der Waals surface area contributed by atoms with Gasteiger partial charge in [-0.1, -0.05) is 83.1 Å². The van der Waals surface area contributed by atoms with E-state index in [-0.39, 0.29) is 34.7 Å². The van der Waals surface area contributed by atoms with Gasteiger partial charge in [0.1, 0.15) is 0 Å². The molecule has 0 aliphatic heterocycles.